The first-order valence-corrected chi connectivity index (χ1v) is 10.2. The molecule has 1 aromatic heterocycles. The van der Waals surface area contributed by atoms with E-state index < -0.39 is 37.4 Å². The van der Waals surface area contributed by atoms with Crippen molar-refractivity contribution in [2.24, 2.45) is 0 Å². The first-order chi connectivity index (χ1) is 15.1. The van der Waals surface area contributed by atoms with Crippen LogP contribution in [0.15, 0.2) is 24.4 Å². The summed E-state index contributed by atoms with van der Waals surface area (Å²) < 4.78 is 67.6. The maximum Gasteiger partial charge on any atom is 0.406 e. The summed E-state index contributed by atoms with van der Waals surface area (Å²) in [6.45, 7) is -4.07. The van der Waals surface area contributed by atoms with Gasteiger partial charge in [0.2, 0.25) is 0 Å². The van der Waals surface area contributed by atoms with E-state index in [1.807, 2.05) is 0 Å². The molecule has 1 amide bonds. The van der Waals surface area contributed by atoms with Crippen molar-refractivity contribution in [1.82, 2.24) is 15.6 Å². The summed E-state index contributed by atoms with van der Waals surface area (Å²) in [6, 6.07) is 1.53. The zero-order valence-corrected chi connectivity index (χ0v) is 17.4. The molecular formula is C20H21ClF5N3O3. The minimum absolute atomic E-state index is 0.0528. The lowest BCUT2D eigenvalue weighted by molar-refractivity contribution is -0.166. The average molecular weight is 482 g/mol. The fraction of sp³-hybridized carbons (Fsp3) is 0.500. The number of rotatable bonds is 7. The van der Waals surface area contributed by atoms with E-state index in [4.69, 9.17) is 16.7 Å². The molecule has 0 aliphatic heterocycles. The molecule has 1 fully saturated rings. The van der Waals surface area contributed by atoms with Gasteiger partial charge in [0.15, 0.2) is 0 Å². The molecule has 1 atom stereocenters. The van der Waals surface area contributed by atoms with Crippen LogP contribution < -0.4 is 15.4 Å². The molecule has 176 valence electrons. The van der Waals surface area contributed by atoms with Gasteiger partial charge in [-0.25, -0.2) is 0 Å². The van der Waals surface area contributed by atoms with Crippen molar-refractivity contribution in [3.05, 3.63) is 35.0 Å². The quantitative estimate of drug-likeness (QED) is 0.520. The van der Waals surface area contributed by atoms with Gasteiger partial charge in [0.25, 0.3) is 5.91 Å². The Balaban J connectivity index is 1.59. The van der Waals surface area contributed by atoms with Gasteiger partial charge >= 0.3 is 12.8 Å². The zero-order chi connectivity index (χ0) is 23.5. The van der Waals surface area contributed by atoms with Crippen molar-refractivity contribution in [2.75, 3.05) is 6.61 Å². The number of pyridine rings is 1. The van der Waals surface area contributed by atoms with E-state index >= 15 is 0 Å². The number of ether oxygens (including phenoxy) is 1. The molecule has 0 radical (unpaired) electrons. The lowest BCUT2D eigenvalue weighted by atomic mass is 9.90. The highest BCUT2D eigenvalue weighted by Gasteiger charge is 2.40. The molecule has 1 aliphatic carbocycles. The number of hydrogen-bond donors (Lipinski definition) is 3. The van der Waals surface area contributed by atoms with E-state index in [0.717, 1.165) is 0 Å². The van der Waals surface area contributed by atoms with E-state index in [1.54, 1.807) is 0 Å². The fourth-order valence-electron chi connectivity index (χ4n) is 3.65. The lowest BCUT2D eigenvalue weighted by Crippen LogP contribution is -2.51. The first kappa shape index (κ1) is 24.4. The van der Waals surface area contributed by atoms with Crippen LogP contribution in [-0.4, -0.2) is 53.5 Å². The van der Waals surface area contributed by atoms with Crippen LogP contribution in [-0.2, 0) is 0 Å². The van der Waals surface area contributed by atoms with Gasteiger partial charge in [-0.05, 0) is 37.8 Å². The summed E-state index contributed by atoms with van der Waals surface area (Å²) in [5.41, 5.74) is 0.546. The van der Waals surface area contributed by atoms with Gasteiger partial charge in [-0.3, -0.25) is 9.78 Å². The molecule has 0 saturated heterocycles. The third-order valence-corrected chi connectivity index (χ3v) is 5.59. The van der Waals surface area contributed by atoms with Crippen molar-refractivity contribution in [1.29, 1.82) is 0 Å². The standard InChI is InChI=1S/C20H21ClF5N3O3/c21-14-6-10-5-11(8-27-15(10)7-16(14)32-19(22)23)18(31)29-13-3-1-12(2-4-13)28-17(9-30)20(24,25)26/h5-8,12-13,17,19,28,30H,1-4,9H2,(H,29,31). The van der Waals surface area contributed by atoms with Crippen molar-refractivity contribution < 1.29 is 36.6 Å². The Morgan fingerprint density at radius 3 is 2.44 bits per heavy atom. The molecule has 1 aromatic carbocycles. The average Bonchev–Trinajstić information content (AvgIpc) is 2.72. The molecule has 3 N–H and O–H groups in total. The third-order valence-electron chi connectivity index (χ3n) is 5.29. The van der Waals surface area contributed by atoms with Gasteiger partial charge in [0, 0.05) is 29.7 Å². The van der Waals surface area contributed by atoms with Gasteiger partial charge in [-0.1, -0.05) is 11.6 Å². The van der Waals surface area contributed by atoms with Crippen LogP contribution in [0.25, 0.3) is 10.9 Å². The molecular weight excluding hydrogens is 461 g/mol. The Labute approximate surface area is 185 Å². The second-order valence-corrected chi connectivity index (χ2v) is 7.95. The number of carbonyl (C=O) groups excluding carboxylic acids is 1. The SMILES string of the molecule is O=C(NC1CCC(NC(CO)C(F)(F)F)CC1)c1cnc2cc(OC(F)F)c(Cl)cc2c1. The second-order valence-electron chi connectivity index (χ2n) is 7.54. The van der Waals surface area contributed by atoms with Gasteiger partial charge < -0.3 is 20.5 Å². The zero-order valence-electron chi connectivity index (χ0n) is 16.6. The maximum atomic E-state index is 12.8. The topological polar surface area (TPSA) is 83.5 Å². The normalized spacial score (nSPS) is 20.4. The monoisotopic (exact) mass is 481 g/mol. The lowest BCUT2D eigenvalue weighted by Gasteiger charge is -2.32. The van der Waals surface area contributed by atoms with Gasteiger partial charge in [0.1, 0.15) is 11.8 Å². The molecule has 1 aliphatic rings. The Morgan fingerprint density at radius 1 is 1.19 bits per heavy atom. The molecule has 1 unspecified atom stereocenters. The minimum Gasteiger partial charge on any atom is -0.433 e. The van der Waals surface area contributed by atoms with Crippen LogP contribution in [0.3, 0.4) is 0 Å². The Hall–Kier alpha value is -2.24. The number of amides is 1. The number of nitrogens with zero attached hydrogens (tertiary/aromatic N) is 1. The fourth-order valence-corrected chi connectivity index (χ4v) is 3.86. The number of fused-ring (bicyclic) bond motifs is 1. The van der Waals surface area contributed by atoms with E-state index in [-0.39, 0.29) is 22.4 Å². The largest absolute Gasteiger partial charge is 0.433 e. The highest BCUT2D eigenvalue weighted by atomic mass is 35.5. The number of benzene rings is 1. The molecule has 3 rings (SSSR count). The third kappa shape index (κ3) is 6.17. The predicted molar refractivity (Wildman–Crippen MR) is 107 cm³/mol. The summed E-state index contributed by atoms with van der Waals surface area (Å²) in [7, 11) is 0. The Morgan fingerprint density at radius 2 is 1.84 bits per heavy atom. The Bertz CT molecular complexity index is 952. The van der Waals surface area contributed by atoms with Crippen LogP contribution >= 0.6 is 11.6 Å². The summed E-state index contributed by atoms with van der Waals surface area (Å²) in [5.74, 6) is -0.637. The molecule has 6 nitrogen and oxygen atoms in total. The van der Waals surface area contributed by atoms with Gasteiger partial charge in [-0.2, -0.15) is 22.0 Å². The number of carbonyl (C=O) groups is 1. The smallest absolute Gasteiger partial charge is 0.406 e. The number of alkyl halides is 5. The molecule has 12 heteroatoms. The number of halogens is 6. The number of aromatic nitrogens is 1. The number of nitrogens with one attached hydrogen (secondary N) is 2. The molecule has 32 heavy (non-hydrogen) atoms. The number of hydrogen-bond acceptors (Lipinski definition) is 5. The highest BCUT2D eigenvalue weighted by Crippen LogP contribution is 2.31. The summed E-state index contributed by atoms with van der Waals surface area (Å²) >= 11 is 5.94. The van der Waals surface area contributed by atoms with Crippen molar-refractivity contribution in [3.8, 4) is 5.75 Å². The number of aliphatic hydroxyl groups excluding tert-OH is 1. The van der Waals surface area contributed by atoms with E-state index in [0.29, 0.717) is 36.6 Å². The van der Waals surface area contributed by atoms with E-state index in [1.165, 1.54) is 24.4 Å². The molecule has 2 aromatic rings. The van der Waals surface area contributed by atoms with Crippen LogP contribution in [0.4, 0.5) is 22.0 Å². The van der Waals surface area contributed by atoms with Crippen LogP contribution in [0.5, 0.6) is 5.75 Å². The predicted octanol–water partition coefficient (Wildman–Crippen LogP) is 4.04. The van der Waals surface area contributed by atoms with Crippen LogP contribution in [0, 0.1) is 0 Å². The van der Waals surface area contributed by atoms with Crippen molar-refractivity contribution in [3.63, 3.8) is 0 Å². The van der Waals surface area contributed by atoms with Crippen LogP contribution in [0.1, 0.15) is 36.0 Å². The van der Waals surface area contributed by atoms with E-state index in [2.05, 4.69) is 20.4 Å². The first-order valence-electron chi connectivity index (χ1n) is 9.85. The van der Waals surface area contributed by atoms with E-state index in [9.17, 15) is 26.7 Å². The summed E-state index contributed by atoms with van der Waals surface area (Å²) in [6.07, 6.45) is -1.47. The molecule has 0 bridgehead atoms. The molecule has 1 saturated carbocycles. The molecule has 1 heterocycles. The minimum atomic E-state index is -4.53. The molecule has 0 spiro atoms. The van der Waals surface area contributed by atoms with Crippen molar-refractivity contribution in [2.45, 2.75) is 56.6 Å². The second kappa shape index (κ2) is 10.1. The van der Waals surface area contributed by atoms with Gasteiger partial charge in [0.05, 0.1) is 22.7 Å². The maximum absolute atomic E-state index is 12.8. The Kier molecular flexibility index (Phi) is 7.73. The number of aliphatic hydroxyl groups is 1. The summed E-state index contributed by atoms with van der Waals surface area (Å²) in [5, 5.41) is 14.6. The highest BCUT2D eigenvalue weighted by molar-refractivity contribution is 6.32. The summed E-state index contributed by atoms with van der Waals surface area (Å²) in [4.78, 5) is 16.7. The van der Waals surface area contributed by atoms with Crippen LogP contribution in [0.2, 0.25) is 5.02 Å². The van der Waals surface area contributed by atoms with Crippen molar-refractivity contribution >= 4 is 28.4 Å². The van der Waals surface area contributed by atoms with Gasteiger partial charge in [-0.15, -0.1) is 0 Å².